The number of hydrogen-bond acceptors (Lipinski definition) is 4. The molecule has 0 radical (unpaired) electrons. The number of thiophene rings is 1. The smallest absolute Gasteiger partial charge is 0.214 e. The summed E-state index contributed by atoms with van der Waals surface area (Å²) in [6, 6.07) is 20.0. The summed E-state index contributed by atoms with van der Waals surface area (Å²) in [5.74, 6) is -0.172. The van der Waals surface area contributed by atoms with Gasteiger partial charge in [0, 0.05) is 17.0 Å². The lowest BCUT2D eigenvalue weighted by atomic mass is 9.72. The van der Waals surface area contributed by atoms with Crippen molar-refractivity contribution in [2.24, 2.45) is 10.9 Å². The van der Waals surface area contributed by atoms with E-state index in [1.807, 2.05) is 41.8 Å². The van der Waals surface area contributed by atoms with E-state index in [2.05, 4.69) is 45.0 Å². The normalized spacial score (nSPS) is 22.8. The Morgan fingerprint density at radius 2 is 1.76 bits per heavy atom. The van der Waals surface area contributed by atoms with Crippen molar-refractivity contribution in [3.05, 3.63) is 82.0 Å². The van der Waals surface area contributed by atoms with Crippen LogP contribution in [-0.2, 0) is 15.0 Å². The second-order valence-corrected chi connectivity index (χ2v) is 11.0. The number of fused-ring (bicyclic) bond motifs is 2. The first-order chi connectivity index (χ1) is 15.9. The lowest BCUT2D eigenvalue weighted by Gasteiger charge is -2.36. The Hall–Kier alpha value is -3.05. The highest BCUT2D eigenvalue weighted by Gasteiger charge is 2.45. The van der Waals surface area contributed by atoms with E-state index in [4.69, 9.17) is 4.99 Å². The number of hydrogen-bond donors (Lipinski definition) is 0. The first kappa shape index (κ1) is 21.8. The fourth-order valence-corrected chi connectivity index (χ4v) is 5.96. The molecule has 1 aliphatic heterocycles. The summed E-state index contributed by atoms with van der Waals surface area (Å²) < 4.78 is 0. The molecule has 2 aromatic carbocycles. The summed E-state index contributed by atoms with van der Waals surface area (Å²) in [4.78, 5) is 33.7. The molecule has 5 rings (SSSR count). The van der Waals surface area contributed by atoms with Crippen molar-refractivity contribution in [1.29, 1.82) is 0 Å². The van der Waals surface area contributed by atoms with Crippen LogP contribution in [0.15, 0.2) is 71.0 Å². The Labute approximate surface area is 199 Å². The van der Waals surface area contributed by atoms with Crippen LogP contribution in [0.2, 0.25) is 0 Å². The van der Waals surface area contributed by atoms with Crippen LogP contribution in [0.5, 0.6) is 0 Å². The molecule has 3 atom stereocenters. The van der Waals surface area contributed by atoms with Gasteiger partial charge < -0.3 is 4.90 Å². The summed E-state index contributed by atoms with van der Waals surface area (Å²) in [6.07, 6.45) is 2.03. The van der Waals surface area contributed by atoms with Gasteiger partial charge in [-0.05, 0) is 52.5 Å². The number of anilines is 1. The van der Waals surface area contributed by atoms with Crippen molar-refractivity contribution in [3.8, 4) is 0 Å². The summed E-state index contributed by atoms with van der Waals surface area (Å²) >= 11 is 1.58. The van der Waals surface area contributed by atoms with Crippen molar-refractivity contribution in [2.75, 3.05) is 4.90 Å². The van der Waals surface area contributed by atoms with Crippen LogP contribution >= 0.6 is 11.3 Å². The molecule has 0 N–H and O–H groups in total. The topological polar surface area (TPSA) is 49.7 Å². The van der Waals surface area contributed by atoms with Crippen molar-refractivity contribution < 1.29 is 9.59 Å². The predicted octanol–water partition coefficient (Wildman–Crippen LogP) is 6.60. The zero-order valence-corrected chi connectivity index (χ0v) is 20.0. The molecule has 5 heteroatoms. The van der Waals surface area contributed by atoms with E-state index in [9.17, 15) is 9.59 Å². The zero-order valence-electron chi connectivity index (χ0n) is 19.2. The van der Waals surface area contributed by atoms with Crippen LogP contribution in [-0.4, -0.2) is 17.9 Å². The highest BCUT2D eigenvalue weighted by Crippen LogP contribution is 2.47. The molecule has 0 saturated heterocycles. The molecule has 2 heterocycles. The Kier molecular flexibility index (Phi) is 5.53. The van der Waals surface area contributed by atoms with Crippen LogP contribution < -0.4 is 4.90 Å². The summed E-state index contributed by atoms with van der Waals surface area (Å²) in [6.45, 7) is 6.62. The van der Waals surface area contributed by atoms with Gasteiger partial charge in [-0.25, -0.2) is 0 Å². The van der Waals surface area contributed by atoms with Crippen LogP contribution in [0.3, 0.4) is 0 Å². The second kappa shape index (κ2) is 8.38. The third-order valence-corrected chi connectivity index (χ3v) is 7.79. The van der Waals surface area contributed by atoms with Crippen molar-refractivity contribution >= 4 is 40.6 Å². The van der Waals surface area contributed by atoms with Crippen LogP contribution in [0.25, 0.3) is 0 Å². The van der Waals surface area contributed by atoms with E-state index in [0.717, 1.165) is 28.4 Å². The number of nitrogens with zero attached hydrogens (tertiary/aromatic N) is 2. The molecular formula is C28H28N2O2S. The molecule has 4 nitrogen and oxygen atoms in total. The van der Waals surface area contributed by atoms with Gasteiger partial charge in [-0.15, -0.1) is 11.3 Å². The molecule has 168 valence electrons. The number of carbonyl (C=O) groups excluding carboxylic acids is 2. The quantitative estimate of drug-likeness (QED) is 0.417. The average Bonchev–Trinajstić information content (AvgIpc) is 3.28. The third kappa shape index (κ3) is 3.95. The van der Waals surface area contributed by atoms with Crippen LogP contribution in [0.4, 0.5) is 11.4 Å². The molecule has 1 aromatic heterocycles. The molecule has 0 spiro atoms. The molecule has 3 unspecified atom stereocenters. The number of rotatable bonds is 3. The molecular weight excluding hydrogens is 428 g/mol. The lowest BCUT2D eigenvalue weighted by Crippen LogP contribution is -2.42. The number of para-hydroxylation sites is 2. The Morgan fingerprint density at radius 1 is 1.00 bits per heavy atom. The van der Waals surface area contributed by atoms with E-state index < -0.39 is 5.92 Å². The standard InChI is InChI=1S/C28H28N2O2S/c1-28(2,3)20-12-10-18(11-13-20)19-15-22-26(24(32)16-19)27(25-9-6-14-33-25)30(17-31)23-8-5-4-7-21(23)29-22/h4-14,17,19,26-27H,15-16H2,1-3H3. The van der Waals surface area contributed by atoms with Gasteiger partial charge >= 0.3 is 0 Å². The first-order valence-corrected chi connectivity index (χ1v) is 12.3. The Balaban J connectivity index is 1.57. The zero-order chi connectivity index (χ0) is 23.2. The molecule has 2 aliphatic rings. The number of carbonyl (C=O) groups is 2. The first-order valence-electron chi connectivity index (χ1n) is 11.4. The van der Waals surface area contributed by atoms with E-state index >= 15 is 0 Å². The van der Waals surface area contributed by atoms with Crippen LogP contribution in [0, 0.1) is 5.92 Å². The second-order valence-electron chi connectivity index (χ2n) is 9.99. The SMILES string of the molecule is CC(C)(C)c1ccc(C2CC(=O)C3C(=Nc4ccccc4N(C=O)C3c3cccs3)C2)cc1. The van der Waals surface area contributed by atoms with E-state index in [0.29, 0.717) is 12.8 Å². The van der Waals surface area contributed by atoms with E-state index in [1.165, 1.54) is 11.1 Å². The molecule has 1 saturated carbocycles. The Bertz CT molecular complexity index is 1210. The van der Waals surface area contributed by atoms with Crippen molar-refractivity contribution in [2.45, 2.75) is 51.0 Å². The molecule has 33 heavy (non-hydrogen) atoms. The van der Waals surface area contributed by atoms with Gasteiger partial charge in [-0.3, -0.25) is 14.6 Å². The van der Waals surface area contributed by atoms with Gasteiger partial charge in [-0.2, -0.15) is 0 Å². The monoisotopic (exact) mass is 456 g/mol. The average molecular weight is 457 g/mol. The fraction of sp³-hybridized carbons (Fsp3) is 0.321. The van der Waals surface area contributed by atoms with E-state index in [-0.39, 0.29) is 23.2 Å². The van der Waals surface area contributed by atoms with Crippen LogP contribution in [0.1, 0.15) is 61.6 Å². The number of benzene rings is 2. The number of ketones is 1. The van der Waals surface area contributed by atoms with Crippen molar-refractivity contribution in [3.63, 3.8) is 0 Å². The largest absolute Gasteiger partial charge is 0.303 e. The van der Waals surface area contributed by atoms with Gasteiger partial charge in [0.2, 0.25) is 6.41 Å². The highest BCUT2D eigenvalue weighted by atomic mass is 32.1. The Morgan fingerprint density at radius 3 is 2.42 bits per heavy atom. The molecule has 1 fully saturated rings. The molecule has 1 amide bonds. The molecule has 1 aliphatic carbocycles. The van der Waals surface area contributed by atoms with Gasteiger partial charge in [0.25, 0.3) is 0 Å². The maximum atomic E-state index is 13.7. The highest BCUT2D eigenvalue weighted by molar-refractivity contribution is 7.10. The van der Waals surface area contributed by atoms with Crippen molar-refractivity contribution in [1.82, 2.24) is 0 Å². The van der Waals surface area contributed by atoms with Gasteiger partial charge in [0.1, 0.15) is 5.78 Å². The predicted molar refractivity (Wildman–Crippen MR) is 135 cm³/mol. The lowest BCUT2D eigenvalue weighted by molar-refractivity contribution is -0.122. The van der Waals surface area contributed by atoms with Gasteiger partial charge in [0.15, 0.2) is 0 Å². The minimum atomic E-state index is -0.425. The number of aliphatic imine (C=N–C) groups is 1. The number of Topliss-reactive ketones (excluding diaryl/α,β-unsaturated/α-hetero) is 1. The van der Waals surface area contributed by atoms with Gasteiger partial charge in [-0.1, -0.05) is 63.2 Å². The summed E-state index contributed by atoms with van der Waals surface area (Å²) in [7, 11) is 0. The minimum Gasteiger partial charge on any atom is -0.303 e. The fourth-order valence-electron chi connectivity index (χ4n) is 5.10. The number of amides is 1. The van der Waals surface area contributed by atoms with Gasteiger partial charge in [0.05, 0.1) is 23.3 Å². The molecule has 3 aromatic rings. The molecule has 0 bridgehead atoms. The summed E-state index contributed by atoms with van der Waals surface area (Å²) in [5, 5.41) is 2.00. The summed E-state index contributed by atoms with van der Waals surface area (Å²) in [5.41, 5.74) is 4.94. The minimum absolute atomic E-state index is 0.0906. The maximum Gasteiger partial charge on any atom is 0.214 e. The third-order valence-electron chi connectivity index (χ3n) is 6.84. The van der Waals surface area contributed by atoms with E-state index in [1.54, 1.807) is 16.2 Å². The maximum absolute atomic E-state index is 13.7.